The number of amides is 1. The number of fused-ring (bicyclic) bond motifs is 1. The fourth-order valence-corrected chi connectivity index (χ4v) is 1.76. The third-order valence-corrected chi connectivity index (χ3v) is 2.69. The van der Waals surface area contributed by atoms with E-state index in [0.717, 1.165) is 11.1 Å². The highest BCUT2D eigenvalue weighted by molar-refractivity contribution is 5.80. The second-order valence-electron chi connectivity index (χ2n) is 3.99. The number of hydrogen-bond acceptors (Lipinski definition) is 3. The predicted octanol–water partition coefficient (Wildman–Crippen LogP) is 1.78. The average Bonchev–Trinajstić information content (AvgIpc) is 2.67. The maximum absolute atomic E-state index is 11.7. The highest BCUT2D eigenvalue weighted by Gasteiger charge is 2.24. The number of ether oxygens (including phenoxy) is 1. The zero-order chi connectivity index (χ0) is 13.1. The number of benzene rings is 1. The molecule has 1 aliphatic rings. The van der Waals surface area contributed by atoms with E-state index in [0.29, 0.717) is 5.76 Å². The molecule has 4 heteroatoms. The van der Waals surface area contributed by atoms with Crippen LogP contribution in [-0.2, 0) is 4.74 Å². The van der Waals surface area contributed by atoms with Gasteiger partial charge in [-0.1, -0.05) is 30.2 Å². The van der Waals surface area contributed by atoms with E-state index >= 15 is 0 Å². The molecular weight excluding hydrogens is 230 g/mol. The van der Waals surface area contributed by atoms with Crippen LogP contribution < -0.4 is 0 Å². The van der Waals surface area contributed by atoms with Gasteiger partial charge in [0.1, 0.15) is 11.9 Å². The fraction of sp³-hybridized carbons (Fsp3) is 0.214. The lowest BCUT2D eigenvalue weighted by Gasteiger charge is -2.14. The van der Waals surface area contributed by atoms with Crippen LogP contribution >= 0.6 is 0 Å². The number of hydrogen-bond donors (Lipinski definition) is 1. The molecular formula is C14H13NO3. The molecule has 0 aliphatic heterocycles. The van der Waals surface area contributed by atoms with Crippen LogP contribution in [0.15, 0.2) is 30.3 Å². The van der Waals surface area contributed by atoms with Crippen LogP contribution in [0.25, 0.3) is 5.76 Å². The van der Waals surface area contributed by atoms with Gasteiger partial charge < -0.3 is 9.84 Å². The molecule has 18 heavy (non-hydrogen) atoms. The minimum atomic E-state index is -0.734. The second kappa shape index (κ2) is 4.94. The van der Waals surface area contributed by atoms with Gasteiger partial charge in [0.25, 0.3) is 0 Å². The molecule has 1 N–H and O–H groups in total. The van der Waals surface area contributed by atoms with Crippen molar-refractivity contribution in [1.82, 2.24) is 4.90 Å². The maximum Gasteiger partial charge on any atom is 0.415 e. The van der Waals surface area contributed by atoms with E-state index in [9.17, 15) is 9.90 Å². The Morgan fingerprint density at radius 1 is 1.56 bits per heavy atom. The first-order valence-corrected chi connectivity index (χ1v) is 5.49. The third-order valence-electron chi connectivity index (χ3n) is 2.69. The number of aliphatic hydroxyl groups excluding tert-OH is 1. The highest BCUT2D eigenvalue weighted by atomic mass is 16.6. The van der Waals surface area contributed by atoms with Crippen LogP contribution in [-0.4, -0.2) is 29.7 Å². The van der Waals surface area contributed by atoms with E-state index in [-0.39, 0.29) is 6.54 Å². The van der Waals surface area contributed by atoms with Crippen LogP contribution in [0, 0.1) is 12.3 Å². The third kappa shape index (κ3) is 2.22. The van der Waals surface area contributed by atoms with Gasteiger partial charge in [0, 0.05) is 12.6 Å². The summed E-state index contributed by atoms with van der Waals surface area (Å²) in [6.45, 7) is 0.177. The normalized spacial score (nSPS) is 16.5. The Bertz CT molecular complexity index is 542. The van der Waals surface area contributed by atoms with Gasteiger partial charge in [-0.2, -0.15) is 0 Å². The zero-order valence-corrected chi connectivity index (χ0v) is 9.96. The van der Waals surface area contributed by atoms with E-state index in [1.54, 1.807) is 19.2 Å². The number of aliphatic hydroxyl groups is 1. The molecule has 0 radical (unpaired) electrons. The molecule has 0 bridgehead atoms. The lowest BCUT2D eigenvalue weighted by Crippen LogP contribution is -2.27. The summed E-state index contributed by atoms with van der Waals surface area (Å²) in [6, 6.07) is 7.24. The molecule has 0 aromatic heterocycles. The van der Waals surface area contributed by atoms with Crippen molar-refractivity contribution < 1.29 is 14.6 Å². The summed E-state index contributed by atoms with van der Waals surface area (Å²) in [7, 11) is 1.56. The topological polar surface area (TPSA) is 49.8 Å². The van der Waals surface area contributed by atoms with Gasteiger partial charge in [-0.25, -0.2) is 4.79 Å². The number of nitrogens with zero attached hydrogens (tertiary/aromatic N) is 1. The SMILES string of the molecule is C#CCN(C)C(=O)OC1=CC(O)c2ccccc21. The quantitative estimate of drug-likeness (QED) is 0.805. The van der Waals surface area contributed by atoms with Crippen LogP contribution in [0.3, 0.4) is 0 Å². The minimum absolute atomic E-state index is 0.177. The highest BCUT2D eigenvalue weighted by Crippen LogP contribution is 2.34. The zero-order valence-electron chi connectivity index (χ0n) is 9.96. The molecule has 4 nitrogen and oxygen atoms in total. The number of carbonyl (C=O) groups excluding carboxylic acids is 1. The number of carbonyl (C=O) groups is 1. The average molecular weight is 243 g/mol. The number of terminal acetylenes is 1. The van der Waals surface area contributed by atoms with Crippen LogP contribution in [0.2, 0.25) is 0 Å². The summed E-state index contributed by atoms with van der Waals surface area (Å²) in [5, 5.41) is 9.79. The molecule has 1 aromatic rings. The lowest BCUT2D eigenvalue weighted by atomic mass is 10.1. The van der Waals surface area contributed by atoms with Gasteiger partial charge in [0.15, 0.2) is 0 Å². The van der Waals surface area contributed by atoms with Gasteiger partial charge >= 0.3 is 6.09 Å². The van der Waals surface area contributed by atoms with Gasteiger partial charge in [0.05, 0.1) is 6.54 Å². The molecule has 0 saturated carbocycles. The van der Waals surface area contributed by atoms with E-state index in [2.05, 4.69) is 5.92 Å². The minimum Gasteiger partial charge on any atom is -0.410 e. The van der Waals surface area contributed by atoms with Crippen LogP contribution in [0.4, 0.5) is 4.79 Å². The molecule has 0 fully saturated rings. The first-order chi connectivity index (χ1) is 8.63. The van der Waals surface area contributed by atoms with Crippen LogP contribution in [0.1, 0.15) is 17.2 Å². The number of rotatable bonds is 2. The van der Waals surface area contributed by atoms with Crippen molar-refractivity contribution in [2.75, 3.05) is 13.6 Å². The van der Waals surface area contributed by atoms with Gasteiger partial charge in [0.2, 0.25) is 0 Å². The lowest BCUT2D eigenvalue weighted by molar-refractivity contribution is 0.158. The molecule has 1 atom stereocenters. The standard InChI is InChI=1S/C14H13NO3/c1-3-8-15(2)14(17)18-13-9-12(16)10-6-4-5-7-11(10)13/h1,4-7,9,12,16H,8H2,2H3. The molecule has 0 saturated heterocycles. The van der Waals surface area contributed by atoms with E-state index in [1.165, 1.54) is 11.0 Å². The molecule has 1 amide bonds. The summed E-state index contributed by atoms with van der Waals surface area (Å²) in [5.41, 5.74) is 1.47. The van der Waals surface area contributed by atoms with Gasteiger partial charge in [-0.05, 0) is 11.6 Å². The van der Waals surface area contributed by atoms with Crippen LogP contribution in [0.5, 0.6) is 0 Å². The summed E-state index contributed by atoms with van der Waals surface area (Å²) in [5.74, 6) is 2.73. The molecule has 92 valence electrons. The largest absolute Gasteiger partial charge is 0.415 e. The van der Waals surface area contributed by atoms with Crippen molar-refractivity contribution in [3.63, 3.8) is 0 Å². The van der Waals surface area contributed by atoms with Crippen molar-refractivity contribution in [2.24, 2.45) is 0 Å². The Morgan fingerprint density at radius 3 is 3.00 bits per heavy atom. The summed E-state index contributed by atoms with van der Waals surface area (Å²) in [4.78, 5) is 13.0. The smallest absolute Gasteiger partial charge is 0.410 e. The Balaban J connectivity index is 2.15. The van der Waals surface area contributed by atoms with E-state index in [4.69, 9.17) is 11.2 Å². The summed E-state index contributed by atoms with van der Waals surface area (Å²) in [6.07, 6.45) is 5.35. The Hall–Kier alpha value is -2.25. The van der Waals surface area contributed by atoms with Gasteiger partial charge in [-0.3, -0.25) is 4.90 Å². The molecule has 0 heterocycles. The summed E-state index contributed by atoms with van der Waals surface area (Å²) >= 11 is 0. The summed E-state index contributed by atoms with van der Waals surface area (Å²) < 4.78 is 5.22. The van der Waals surface area contributed by atoms with Crippen molar-refractivity contribution in [2.45, 2.75) is 6.10 Å². The molecule has 1 aromatic carbocycles. The maximum atomic E-state index is 11.7. The predicted molar refractivity (Wildman–Crippen MR) is 67.3 cm³/mol. The van der Waals surface area contributed by atoms with Gasteiger partial charge in [-0.15, -0.1) is 6.42 Å². The van der Waals surface area contributed by atoms with E-state index < -0.39 is 12.2 Å². The fourth-order valence-electron chi connectivity index (χ4n) is 1.76. The molecule has 2 rings (SSSR count). The molecule has 1 unspecified atom stereocenters. The molecule has 1 aliphatic carbocycles. The van der Waals surface area contributed by atoms with Crippen molar-refractivity contribution in [3.8, 4) is 12.3 Å². The van der Waals surface area contributed by atoms with Crippen molar-refractivity contribution >= 4 is 11.9 Å². The molecule has 0 spiro atoms. The second-order valence-corrected chi connectivity index (χ2v) is 3.99. The van der Waals surface area contributed by atoms with E-state index in [1.807, 2.05) is 12.1 Å². The Kier molecular flexibility index (Phi) is 3.35. The Labute approximate surface area is 105 Å². The first-order valence-electron chi connectivity index (χ1n) is 5.49. The monoisotopic (exact) mass is 243 g/mol. The Morgan fingerprint density at radius 2 is 2.28 bits per heavy atom. The van der Waals surface area contributed by atoms with Crippen molar-refractivity contribution in [3.05, 3.63) is 41.5 Å². The van der Waals surface area contributed by atoms with Crippen molar-refractivity contribution in [1.29, 1.82) is 0 Å². The first kappa shape index (κ1) is 12.2.